The van der Waals surface area contributed by atoms with Gasteiger partial charge < -0.3 is 20.1 Å². The zero-order valence-electron chi connectivity index (χ0n) is 19.2. The van der Waals surface area contributed by atoms with Crippen molar-refractivity contribution in [1.82, 2.24) is 10.2 Å². The number of aliphatic carboxylic acids is 1. The Labute approximate surface area is 199 Å². The van der Waals surface area contributed by atoms with E-state index in [1.165, 1.54) is 11.1 Å². The summed E-state index contributed by atoms with van der Waals surface area (Å²) in [6.45, 7) is 1.04. The molecule has 1 atom stereocenters. The van der Waals surface area contributed by atoms with Crippen LogP contribution in [0, 0.1) is 5.41 Å². The molecule has 1 saturated carbocycles. The number of nitrogens with one attached hydrogen (secondary N) is 1. The van der Waals surface area contributed by atoms with Crippen LogP contribution < -0.4 is 5.32 Å². The van der Waals surface area contributed by atoms with Gasteiger partial charge in [0.05, 0.1) is 11.8 Å². The molecule has 0 bridgehead atoms. The Morgan fingerprint density at radius 1 is 1.00 bits per heavy atom. The van der Waals surface area contributed by atoms with E-state index in [0.29, 0.717) is 25.8 Å². The molecule has 2 aromatic rings. The largest absolute Gasteiger partial charge is 0.481 e. The average molecular weight is 463 g/mol. The summed E-state index contributed by atoms with van der Waals surface area (Å²) < 4.78 is 5.61. The number of carboxylic acids is 1. The van der Waals surface area contributed by atoms with Gasteiger partial charge in [-0.3, -0.25) is 9.59 Å². The van der Waals surface area contributed by atoms with E-state index in [9.17, 15) is 19.5 Å². The third-order valence-electron chi connectivity index (χ3n) is 7.52. The number of piperidine rings is 1. The Hall–Kier alpha value is -3.35. The maximum absolute atomic E-state index is 13.3. The Bertz CT molecular complexity index is 1060. The molecule has 0 radical (unpaired) electrons. The monoisotopic (exact) mass is 462 g/mol. The third-order valence-corrected chi connectivity index (χ3v) is 7.52. The zero-order valence-corrected chi connectivity index (χ0v) is 19.2. The number of nitrogens with zero attached hydrogens (tertiary/aromatic N) is 1. The van der Waals surface area contributed by atoms with E-state index in [2.05, 4.69) is 29.6 Å². The van der Waals surface area contributed by atoms with Crippen LogP contribution in [-0.4, -0.2) is 53.7 Å². The molecule has 7 nitrogen and oxygen atoms in total. The molecule has 0 aromatic heterocycles. The van der Waals surface area contributed by atoms with Crippen LogP contribution in [0.2, 0.25) is 0 Å². The number of carbonyl (C=O) groups excluding carboxylic acids is 2. The van der Waals surface area contributed by atoms with Gasteiger partial charge in [0.1, 0.15) is 6.61 Å². The first-order valence-corrected chi connectivity index (χ1v) is 12.1. The number of likely N-dealkylation sites (tertiary alicyclic amines) is 1. The van der Waals surface area contributed by atoms with Crippen molar-refractivity contribution in [3.8, 4) is 11.1 Å². The molecule has 0 unspecified atom stereocenters. The maximum Gasteiger partial charge on any atom is 0.407 e. The summed E-state index contributed by atoms with van der Waals surface area (Å²) in [4.78, 5) is 38.8. The Morgan fingerprint density at radius 3 is 2.26 bits per heavy atom. The second kappa shape index (κ2) is 9.12. The molecule has 7 heteroatoms. The van der Waals surface area contributed by atoms with Gasteiger partial charge in [0.15, 0.2) is 0 Å². The summed E-state index contributed by atoms with van der Waals surface area (Å²) in [6, 6.07) is 16.1. The van der Waals surface area contributed by atoms with Crippen molar-refractivity contribution in [2.75, 3.05) is 19.7 Å². The highest BCUT2D eigenvalue weighted by Gasteiger charge is 2.53. The maximum atomic E-state index is 13.3. The number of rotatable bonds is 7. The summed E-state index contributed by atoms with van der Waals surface area (Å²) in [5.74, 6) is -0.927. The number of carboxylic acid groups (broad SMARTS) is 1. The molecule has 2 N–H and O–H groups in total. The van der Waals surface area contributed by atoms with E-state index in [1.54, 1.807) is 4.90 Å². The number of hydrogen-bond donors (Lipinski definition) is 2. The molecule has 2 amide bonds. The minimum absolute atomic E-state index is 0.0141. The Kier molecular flexibility index (Phi) is 6.02. The predicted molar refractivity (Wildman–Crippen MR) is 126 cm³/mol. The molecule has 2 fully saturated rings. The number of ether oxygens (including phenoxy) is 1. The van der Waals surface area contributed by atoms with Crippen LogP contribution in [0.1, 0.15) is 55.6 Å². The lowest BCUT2D eigenvalue weighted by atomic mass is 9.95. The van der Waals surface area contributed by atoms with Crippen LogP contribution in [0.3, 0.4) is 0 Å². The van der Waals surface area contributed by atoms with E-state index in [0.717, 1.165) is 24.0 Å². The first kappa shape index (κ1) is 22.4. The van der Waals surface area contributed by atoms with Crippen LogP contribution >= 0.6 is 0 Å². The van der Waals surface area contributed by atoms with Gasteiger partial charge in [-0.1, -0.05) is 48.5 Å². The fourth-order valence-corrected chi connectivity index (χ4v) is 5.49. The van der Waals surface area contributed by atoms with Crippen molar-refractivity contribution in [3.63, 3.8) is 0 Å². The summed E-state index contributed by atoms with van der Waals surface area (Å²) >= 11 is 0. The van der Waals surface area contributed by atoms with Crippen LogP contribution in [0.4, 0.5) is 4.79 Å². The number of benzene rings is 2. The van der Waals surface area contributed by atoms with E-state index in [-0.39, 0.29) is 37.4 Å². The molecule has 2 aliphatic carbocycles. The second-order valence-electron chi connectivity index (χ2n) is 9.71. The minimum Gasteiger partial charge on any atom is -0.481 e. The van der Waals surface area contributed by atoms with Gasteiger partial charge in [-0.05, 0) is 54.4 Å². The lowest BCUT2D eigenvalue weighted by Crippen LogP contribution is -2.50. The number of carbonyl (C=O) groups is 3. The lowest BCUT2D eigenvalue weighted by molar-refractivity contribution is -0.144. The summed E-state index contributed by atoms with van der Waals surface area (Å²) in [6.07, 6.45) is 3.39. The molecular weight excluding hydrogens is 432 g/mol. The van der Waals surface area contributed by atoms with Crippen LogP contribution in [-0.2, 0) is 14.3 Å². The molecule has 0 spiro atoms. The molecule has 3 aliphatic rings. The van der Waals surface area contributed by atoms with Gasteiger partial charge in [-0.2, -0.15) is 0 Å². The fraction of sp³-hybridized carbons (Fsp3) is 0.444. The Balaban J connectivity index is 1.19. The smallest absolute Gasteiger partial charge is 0.407 e. The van der Waals surface area contributed by atoms with Crippen molar-refractivity contribution < 1.29 is 24.2 Å². The first-order valence-electron chi connectivity index (χ1n) is 12.1. The standard InChI is InChI=1S/C27H30N2O5/c30-24(31)15-18-7-5-6-14-29(18)25(32)27(12-13-27)17-28-26(33)34-16-23-21-10-3-1-8-19(21)20-9-2-4-11-22(20)23/h1-4,8-11,18,23H,5-7,12-17H2,(H,28,33)(H,30,31)/t18-/m1/s1. The number of amides is 2. The van der Waals surface area contributed by atoms with Crippen LogP contribution in [0.25, 0.3) is 11.1 Å². The van der Waals surface area contributed by atoms with Crippen LogP contribution in [0.5, 0.6) is 0 Å². The molecule has 1 aliphatic heterocycles. The van der Waals surface area contributed by atoms with Crippen molar-refractivity contribution in [3.05, 3.63) is 59.7 Å². The highest BCUT2D eigenvalue weighted by Crippen LogP contribution is 2.48. The van der Waals surface area contributed by atoms with Gasteiger partial charge in [-0.15, -0.1) is 0 Å². The number of hydrogen-bond acceptors (Lipinski definition) is 4. The summed E-state index contributed by atoms with van der Waals surface area (Å²) in [7, 11) is 0. The van der Waals surface area contributed by atoms with Gasteiger partial charge in [-0.25, -0.2) is 4.79 Å². The quantitative estimate of drug-likeness (QED) is 0.644. The Morgan fingerprint density at radius 2 is 1.65 bits per heavy atom. The highest BCUT2D eigenvalue weighted by atomic mass is 16.5. The van der Waals surface area contributed by atoms with Gasteiger partial charge in [0.25, 0.3) is 0 Å². The molecule has 178 valence electrons. The molecular formula is C27H30N2O5. The number of alkyl carbamates (subject to hydrolysis) is 1. The van der Waals surface area contributed by atoms with Crippen molar-refractivity contribution in [1.29, 1.82) is 0 Å². The van der Waals surface area contributed by atoms with E-state index >= 15 is 0 Å². The first-order chi connectivity index (χ1) is 16.5. The lowest BCUT2D eigenvalue weighted by Gasteiger charge is -2.37. The fourth-order valence-electron chi connectivity index (χ4n) is 5.49. The summed E-state index contributed by atoms with van der Waals surface area (Å²) in [5, 5.41) is 12.0. The zero-order chi connectivity index (χ0) is 23.7. The van der Waals surface area contributed by atoms with Crippen molar-refractivity contribution >= 4 is 18.0 Å². The minimum atomic E-state index is -0.883. The van der Waals surface area contributed by atoms with Crippen LogP contribution in [0.15, 0.2) is 48.5 Å². The second-order valence-corrected chi connectivity index (χ2v) is 9.71. The van der Waals surface area contributed by atoms with Gasteiger partial charge >= 0.3 is 12.1 Å². The van der Waals surface area contributed by atoms with E-state index in [4.69, 9.17) is 4.74 Å². The summed E-state index contributed by atoms with van der Waals surface area (Å²) in [5.41, 5.74) is 4.03. The third kappa shape index (κ3) is 4.27. The van der Waals surface area contributed by atoms with Gasteiger partial charge in [0, 0.05) is 25.0 Å². The topological polar surface area (TPSA) is 95.9 Å². The van der Waals surface area contributed by atoms with Crippen molar-refractivity contribution in [2.45, 2.75) is 50.5 Å². The average Bonchev–Trinajstić information content (AvgIpc) is 3.58. The SMILES string of the molecule is O=C(O)C[C@H]1CCCCN1C(=O)C1(CNC(=O)OCC2c3ccccc3-c3ccccc32)CC1. The highest BCUT2D eigenvalue weighted by molar-refractivity contribution is 5.87. The molecule has 2 aromatic carbocycles. The molecule has 1 heterocycles. The predicted octanol–water partition coefficient (Wildman–Crippen LogP) is 4.16. The molecule has 5 rings (SSSR count). The number of fused-ring (bicyclic) bond motifs is 3. The molecule has 1 saturated heterocycles. The van der Waals surface area contributed by atoms with Crippen molar-refractivity contribution in [2.24, 2.45) is 5.41 Å². The normalized spacial score (nSPS) is 20.2. The van der Waals surface area contributed by atoms with E-state index in [1.807, 2.05) is 24.3 Å². The van der Waals surface area contributed by atoms with E-state index < -0.39 is 17.5 Å². The van der Waals surface area contributed by atoms with Gasteiger partial charge in [0.2, 0.25) is 5.91 Å². The molecule has 34 heavy (non-hydrogen) atoms.